The number of amides is 1. The maximum absolute atomic E-state index is 12.2. The fraction of sp³-hybridized carbons (Fsp3) is 0.562. The maximum atomic E-state index is 12.2. The molecule has 4 heteroatoms. The molecule has 1 fully saturated rings. The Bertz CT molecular complexity index is 448. The largest absolute Gasteiger partial charge is 0.387 e. The van der Waals surface area contributed by atoms with Crippen molar-refractivity contribution in [3.05, 3.63) is 35.9 Å². The first kappa shape index (κ1) is 15.0. The number of hydrogen-bond donors (Lipinski definition) is 2. The van der Waals surface area contributed by atoms with Crippen LogP contribution in [0.25, 0.3) is 0 Å². The summed E-state index contributed by atoms with van der Waals surface area (Å²) in [6, 6.07) is 9.34. The van der Waals surface area contributed by atoms with E-state index in [-0.39, 0.29) is 36.5 Å². The number of hydrogen-bond acceptors (Lipinski definition) is 3. The lowest BCUT2D eigenvalue weighted by Crippen LogP contribution is -2.39. The molecule has 110 valence electrons. The van der Waals surface area contributed by atoms with E-state index in [0.29, 0.717) is 0 Å². The highest BCUT2D eigenvalue weighted by Gasteiger charge is 2.41. The third kappa shape index (κ3) is 3.19. The van der Waals surface area contributed by atoms with Gasteiger partial charge in [0, 0.05) is 6.54 Å². The highest BCUT2D eigenvalue weighted by atomic mass is 16.5. The van der Waals surface area contributed by atoms with Crippen LogP contribution < -0.4 is 5.32 Å². The van der Waals surface area contributed by atoms with Gasteiger partial charge < -0.3 is 15.2 Å². The van der Waals surface area contributed by atoms with Gasteiger partial charge in [-0.2, -0.15) is 0 Å². The van der Waals surface area contributed by atoms with Crippen molar-refractivity contribution in [1.29, 1.82) is 0 Å². The van der Waals surface area contributed by atoms with Gasteiger partial charge in [-0.15, -0.1) is 0 Å². The average Bonchev–Trinajstić information content (AvgIpc) is 2.70. The Morgan fingerprint density at radius 1 is 1.25 bits per heavy atom. The summed E-state index contributed by atoms with van der Waals surface area (Å²) in [5, 5.41) is 12.9. The van der Waals surface area contributed by atoms with Gasteiger partial charge in [0.2, 0.25) is 5.91 Å². The molecule has 1 heterocycles. The lowest BCUT2D eigenvalue weighted by molar-refractivity contribution is -0.127. The molecule has 2 N–H and O–H groups in total. The number of ether oxygens (including phenoxy) is 1. The summed E-state index contributed by atoms with van der Waals surface area (Å²) in [6.07, 6.45) is -0.654. The first-order chi connectivity index (χ1) is 9.50. The Kier molecular flexibility index (Phi) is 4.78. The molecule has 0 aliphatic carbocycles. The van der Waals surface area contributed by atoms with E-state index >= 15 is 0 Å². The highest BCUT2D eigenvalue weighted by Crippen LogP contribution is 2.32. The average molecular weight is 277 g/mol. The van der Waals surface area contributed by atoms with E-state index in [2.05, 4.69) is 5.32 Å². The van der Waals surface area contributed by atoms with Gasteiger partial charge in [0.1, 0.15) is 0 Å². The standard InChI is InChI=1S/C16H23NO3/c1-10-11(2)20-12(3)15(10)16(19)17-9-14(18)13-7-5-4-6-8-13/h4-8,10-12,14-15,18H,9H2,1-3H3,(H,17,19). The van der Waals surface area contributed by atoms with Crippen LogP contribution in [0, 0.1) is 11.8 Å². The van der Waals surface area contributed by atoms with Gasteiger partial charge in [-0.25, -0.2) is 0 Å². The van der Waals surface area contributed by atoms with E-state index in [1.165, 1.54) is 0 Å². The molecule has 0 saturated carbocycles. The third-order valence-corrected chi connectivity index (χ3v) is 4.20. The Labute approximate surface area is 120 Å². The number of carbonyl (C=O) groups is 1. The molecule has 0 aromatic heterocycles. The number of aliphatic hydroxyl groups excluding tert-OH is 1. The molecule has 5 atom stereocenters. The van der Waals surface area contributed by atoms with Crippen molar-refractivity contribution < 1.29 is 14.6 Å². The molecule has 0 bridgehead atoms. The van der Waals surface area contributed by atoms with E-state index in [9.17, 15) is 9.90 Å². The molecule has 1 amide bonds. The van der Waals surface area contributed by atoms with Crippen LogP contribution in [-0.2, 0) is 9.53 Å². The molecule has 2 rings (SSSR count). The zero-order chi connectivity index (χ0) is 14.7. The number of carbonyl (C=O) groups excluding carboxylic acids is 1. The first-order valence-electron chi connectivity index (χ1n) is 7.17. The monoisotopic (exact) mass is 277 g/mol. The van der Waals surface area contributed by atoms with Gasteiger partial charge in [0.25, 0.3) is 0 Å². The van der Waals surface area contributed by atoms with Gasteiger partial charge in [0.05, 0.1) is 24.2 Å². The van der Waals surface area contributed by atoms with E-state index in [1.54, 1.807) is 0 Å². The van der Waals surface area contributed by atoms with Gasteiger partial charge in [-0.05, 0) is 25.3 Å². The summed E-state index contributed by atoms with van der Waals surface area (Å²) < 4.78 is 5.68. The van der Waals surface area contributed by atoms with Gasteiger partial charge in [-0.1, -0.05) is 37.3 Å². The Hall–Kier alpha value is -1.39. The van der Waals surface area contributed by atoms with Crippen molar-refractivity contribution in [2.24, 2.45) is 11.8 Å². The van der Waals surface area contributed by atoms with Gasteiger partial charge >= 0.3 is 0 Å². The smallest absolute Gasteiger partial charge is 0.226 e. The highest BCUT2D eigenvalue weighted by molar-refractivity contribution is 5.80. The topological polar surface area (TPSA) is 58.6 Å². The summed E-state index contributed by atoms with van der Waals surface area (Å²) in [6.45, 7) is 6.18. The molecule has 20 heavy (non-hydrogen) atoms. The van der Waals surface area contributed by atoms with Crippen LogP contribution in [0.3, 0.4) is 0 Å². The summed E-state index contributed by atoms with van der Waals surface area (Å²) in [5.74, 6) is 0.0103. The molecule has 1 aromatic carbocycles. The minimum atomic E-state index is -0.675. The van der Waals surface area contributed by atoms with Crippen molar-refractivity contribution in [2.75, 3.05) is 6.54 Å². The van der Waals surface area contributed by atoms with E-state index in [1.807, 2.05) is 51.1 Å². The molecule has 1 saturated heterocycles. The van der Waals surface area contributed by atoms with Gasteiger partial charge in [-0.3, -0.25) is 4.79 Å². The minimum Gasteiger partial charge on any atom is -0.387 e. The SMILES string of the molecule is CC1OC(C)C(C(=O)NCC(O)c2ccccc2)C1C. The van der Waals surface area contributed by atoms with Crippen LogP contribution >= 0.6 is 0 Å². The molecular weight excluding hydrogens is 254 g/mol. The predicted octanol–water partition coefficient (Wildman–Crippen LogP) is 1.90. The molecular formula is C16H23NO3. The summed E-state index contributed by atoms with van der Waals surface area (Å²) in [7, 11) is 0. The van der Waals surface area contributed by atoms with Crippen LogP contribution in [0.2, 0.25) is 0 Å². The van der Waals surface area contributed by atoms with E-state index in [0.717, 1.165) is 5.56 Å². The van der Waals surface area contributed by atoms with Crippen LogP contribution in [0.15, 0.2) is 30.3 Å². The summed E-state index contributed by atoms with van der Waals surface area (Å²) in [5.41, 5.74) is 0.810. The third-order valence-electron chi connectivity index (χ3n) is 4.20. The quantitative estimate of drug-likeness (QED) is 0.883. The Morgan fingerprint density at radius 2 is 1.90 bits per heavy atom. The summed E-state index contributed by atoms with van der Waals surface area (Å²) >= 11 is 0. The van der Waals surface area contributed by atoms with E-state index < -0.39 is 6.10 Å². The number of benzene rings is 1. The second-order valence-corrected chi connectivity index (χ2v) is 5.60. The zero-order valence-corrected chi connectivity index (χ0v) is 12.2. The number of aliphatic hydroxyl groups is 1. The zero-order valence-electron chi connectivity index (χ0n) is 12.2. The molecule has 0 radical (unpaired) electrons. The lowest BCUT2D eigenvalue weighted by atomic mass is 9.89. The molecule has 5 unspecified atom stereocenters. The van der Waals surface area contributed by atoms with Crippen molar-refractivity contribution in [3.63, 3.8) is 0 Å². The number of rotatable bonds is 4. The van der Waals surface area contributed by atoms with Crippen LogP contribution in [0.5, 0.6) is 0 Å². The number of nitrogens with one attached hydrogen (secondary N) is 1. The second kappa shape index (κ2) is 6.37. The minimum absolute atomic E-state index is 0.0377. The van der Waals surface area contributed by atoms with Crippen molar-refractivity contribution in [3.8, 4) is 0 Å². The normalized spacial score (nSPS) is 31.0. The van der Waals surface area contributed by atoms with Crippen LogP contribution in [-0.4, -0.2) is 29.8 Å². The van der Waals surface area contributed by atoms with Gasteiger partial charge in [0.15, 0.2) is 0 Å². The van der Waals surface area contributed by atoms with Crippen LogP contribution in [0.1, 0.15) is 32.4 Å². The molecule has 4 nitrogen and oxygen atoms in total. The molecule has 1 aliphatic rings. The molecule has 0 spiro atoms. The van der Waals surface area contributed by atoms with E-state index in [4.69, 9.17) is 4.74 Å². The fourth-order valence-electron chi connectivity index (χ4n) is 2.83. The van der Waals surface area contributed by atoms with Crippen molar-refractivity contribution in [1.82, 2.24) is 5.32 Å². The van der Waals surface area contributed by atoms with Crippen molar-refractivity contribution in [2.45, 2.75) is 39.1 Å². The Morgan fingerprint density at radius 3 is 2.45 bits per heavy atom. The second-order valence-electron chi connectivity index (χ2n) is 5.60. The first-order valence-corrected chi connectivity index (χ1v) is 7.17. The Balaban J connectivity index is 1.89. The maximum Gasteiger partial charge on any atom is 0.226 e. The van der Waals surface area contributed by atoms with Crippen LogP contribution in [0.4, 0.5) is 0 Å². The molecule has 1 aromatic rings. The lowest BCUT2D eigenvalue weighted by Gasteiger charge is -2.19. The fourth-order valence-corrected chi connectivity index (χ4v) is 2.83. The van der Waals surface area contributed by atoms with Crippen molar-refractivity contribution >= 4 is 5.91 Å². The molecule has 1 aliphatic heterocycles. The summed E-state index contributed by atoms with van der Waals surface area (Å²) in [4.78, 5) is 12.2. The predicted molar refractivity (Wildman–Crippen MR) is 77.1 cm³/mol.